The molecule has 10 heteroatoms. The highest BCUT2D eigenvalue weighted by atomic mass is 31.2. The van der Waals surface area contributed by atoms with Crippen LogP contribution in [0.3, 0.4) is 0 Å². The van der Waals surface area contributed by atoms with E-state index >= 15 is 0 Å². The number of rotatable bonds is 55. The fourth-order valence-corrected chi connectivity index (χ4v) is 9.03. The van der Waals surface area contributed by atoms with E-state index < -0.39 is 26.5 Å². The number of hydrogen-bond donors (Lipinski definition) is 2. The predicted molar refractivity (Wildman–Crippen MR) is 298 cm³/mol. The summed E-state index contributed by atoms with van der Waals surface area (Å²) in [5, 5.41) is 0. The predicted octanol–water partition coefficient (Wildman–Crippen LogP) is 18.3. The molecule has 0 saturated heterocycles. The molecule has 0 fully saturated rings. The third kappa shape index (κ3) is 55.0. The van der Waals surface area contributed by atoms with Crippen molar-refractivity contribution in [2.24, 2.45) is 5.73 Å². The Morgan fingerprint density at radius 1 is 0.429 bits per heavy atom. The fourth-order valence-electron chi connectivity index (χ4n) is 8.26. The Morgan fingerprint density at radius 2 is 0.743 bits per heavy atom. The molecule has 0 spiro atoms. The van der Waals surface area contributed by atoms with Gasteiger partial charge in [0.15, 0.2) is 6.10 Å². The van der Waals surface area contributed by atoms with Crippen molar-refractivity contribution in [2.45, 2.75) is 283 Å². The molecule has 2 unspecified atom stereocenters. The van der Waals surface area contributed by atoms with E-state index in [-0.39, 0.29) is 38.6 Å². The van der Waals surface area contributed by atoms with Crippen molar-refractivity contribution in [3.8, 4) is 0 Å². The van der Waals surface area contributed by atoms with Gasteiger partial charge < -0.3 is 20.1 Å². The van der Waals surface area contributed by atoms with Gasteiger partial charge in [-0.25, -0.2) is 4.57 Å². The molecule has 0 rings (SSSR count). The van der Waals surface area contributed by atoms with Crippen LogP contribution in [0.15, 0.2) is 60.8 Å². The molecule has 9 nitrogen and oxygen atoms in total. The van der Waals surface area contributed by atoms with Crippen LogP contribution in [0.2, 0.25) is 0 Å². The maximum atomic E-state index is 12.7. The third-order valence-corrected chi connectivity index (χ3v) is 13.6. The Hall–Kier alpha value is -2.29. The minimum atomic E-state index is -4.39. The number of carbonyl (C=O) groups is 2. The van der Waals surface area contributed by atoms with E-state index in [0.29, 0.717) is 6.42 Å². The summed E-state index contributed by atoms with van der Waals surface area (Å²) in [6, 6.07) is 0. The van der Waals surface area contributed by atoms with Crippen molar-refractivity contribution in [3.05, 3.63) is 60.8 Å². The summed E-state index contributed by atoms with van der Waals surface area (Å²) >= 11 is 0. The smallest absolute Gasteiger partial charge is 0.462 e. The topological polar surface area (TPSA) is 134 Å². The van der Waals surface area contributed by atoms with Gasteiger partial charge in [-0.2, -0.15) is 0 Å². The van der Waals surface area contributed by atoms with Crippen LogP contribution in [-0.4, -0.2) is 49.3 Å². The molecular weight excluding hydrogens is 894 g/mol. The molecular formula is C60H110NO8P. The number of phosphoric acid groups is 1. The van der Waals surface area contributed by atoms with E-state index in [9.17, 15) is 19.0 Å². The molecule has 0 radical (unpaired) electrons. The average Bonchev–Trinajstić information content (AvgIpc) is 3.35. The van der Waals surface area contributed by atoms with Crippen molar-refractivity contribution >= 4 is 19.8 Å². The standard InChI is InChI=1S/C60H110NO8P/c1-3-5-7-9-11-13-15-17-19-21-23-24-25-26-27-28-29-30-31-32-33-34-35-37-39-41-43-45-47-49-51-53-60(63)69-58(57-68-70(64,65)67-55-54-61)56-66-59(62)52-50-48-46-44-42-40-38-36-22-20-18-16-14-12-10-8-6-4-2/h14-17,20-23,25-26,58H,3-13,18-19,24,27-57,61H2,1-2H3,(H,64,65)/b16-14-,17-15-,22-20-,23-21-,26-25-. The van der Waals surface area contributed by atoms with E-state index in [1.807, 2.05) is 0 Å². The van der Waals surface area contributed by atoms with Crippen LogP contribution in [0, 0.1) is 0 Å². The van der Waals surface area contributed by atoms with Crippen molar-refractivity contribution in [1.82, 2.24) is 0 Å². The molecule has 3 N–H and O–H groups in total. The summed E-state index contributed by atoms with van der Waals surface area (Å²) in [7, 11) is -4.39. The summed E-state index contributed by atoms with van der Waals surface area (Å²) < 4.78 is 33.0. The molecule has 0 heterocycles. The molecule has 0 aromatic rings. The number of hydrogen-bond acceptors (Lipinski definition) is 8. The Balaban J connectivity index is 3.93. The van der Waals surface area contributed by atoms with Gasteiger partial charge in [0.25, 0.3) is 0 Å². The van der Waals surface area contributed by atoms with Gasteiger partial charge in [-0.05, 0) is 83.5 Å². The summed E-state index contributed by atoms with van der Waals surface area (Å²) in [5.74, 6) is -0.830. The van der Waals surface area contributed by atoms with Gasteiger partial charge in [0, 0.05) is 19.4 Å². The quantitative estimate of drug-likeness (QED) is 0.0264. The molecule has 70 heavy (non-hydrogen) atoms. The number of phosphoric ester groups is 1. The Bertz CT molecular complexity index is 1330. The van der Waals surface area contributed by atoms with Crippen LogP contribution in [-0.2, 0) is 32.7 Å². The number of nitrogens with two attached hydrogens (primary N) is 1. The van der Waals surface area contributed by atoms with Gasteiger partial charge in [-0.15, -0.1) is 0 Å². The first kappa shape index (κ1) is 67.7. The number of allylic oxidation sites excluding steroid dienone is 10. The van der Waals surface area contributed by atoms with E-state index in [1.54, 1.807) is 0 Å². The number of ether oxygens (including phenoxy) is 2. The second kappa shape index (κ2) is 56.0. The molecule has 0 saturated carbocycles. The van der Waals surface area contributed by atoms with Gasteiger partial charge in [0.05, 0.1) is 13.2 Å². The lowest BCUT2D eigenvalue weighted by molar-refractivity contribution is -0.161. The Labute approximate surface area is 431 Å². The fraction of sp³-hybridized carbons (Fsp3) is 0.800. The second-order valence-electron chi connectivity index (χ2n) is 19.5. The summed E-state index contributed by atoms with van der Waals surface area (Å²) in [6.07, 6.45) is 69.9. The lowest BCUT2D eigenvalue weighted by Gasteiger charge is -2.19. The second-order valence-corrected chi connectivity index (χ2v) is 21.0. The first-order chi connectivity index (χ1) is 34.3. The van der Waals surface area contributed by atoms with Gasteiger partial charge in [-0.1, -0.05) is 242 Å². The van der Waals surface area contributed by atoms with E-state index in [0.717, 1.165) is 70.6 Å². The first-order valence-corrected chi connectivity index (χ1v) is 30.8. The van der Waals surface area contributed by atoms with Crippen LogP contribution in [0.4, 0.5) is 0 Å². The van der Waals surface area contributed by atoms with Crippen molar-refractivity contribution in [1.29, 1.82) is 0 Å². The number of carbonyl (C=O) groups excluding carboxylic acids is 2. The lowest BCUT2D eigenvalue weighted by Crippen LogP contribution is -2.29. The first-order valence-electron chi connectivity index (χ1n) is 29.3. The van der Waals surface area contributed by atoms with Gasteiger partial charge in [0.1, 0.15) is 6.61 Å². The van der Waals surface area contributed by atoms with E-state index in [2.05, 4.69) is 74.6 Å². The molecule has 2 atom stereocenters. The average molecular weight is 1000 g/mol. The van der Waals surface area contributed by atoms with Crippen molar-refractivity contribution in [3.63, 3.8) is 0 Å². The molecule has 408 valence electrons. The van der Waals surface area contributed by atoms with Gasteiger partial charge in [-0.3, -0.25) is 18.6 Å². The minimum absolute atomic E-state index is 0.0513. The van der Waals surface area contributed by atoms with Crippen molar-refractivity contribution < 1.29 is 37.6 Å². The third-order valence-electron chi connectivity index (χ3n) is 12.6. The maximum absolute atomic E-state index is 12.7. The zero-order valence-corrected chi connectivity index (χ0v) is 46.4. The van der Waals surface area contributed by atoms with E-state index in [1.165, 1.54) is 173 Å². The number of unbranched alkanes of at least 4 members (excludes halogenated alkanes) is 32. The summed E-state index contributed by atoms with van der Waals surface area (Å²) in [5.41, 5.74) is 5.38. The molecule has 0 bridgehead atoms. The van der Waals surface area contributed by atoms with Crippen LogP contribution in [0.5, 0.6) is 0 Å². The van der Waals surface area contributed by atoms with Crippen molar-refractivity contribution in [2.75, 3.05) is 26.4 Å². The van der Waals surface area contributed by atoms with Crippen LogP contribution >= 0.6 is 7.82 Å². The van der Waals surface area contributed by atoms with E-state index in [4.69, 9.17) is 24.3 Å². The lowest BCUT2D eigenvalue weighted by atomic mass is 10.0. The molecule has 0 amide bonds. The maximum Gasteiger partial charge on any atom is 0.472 e. The minimum Gasteiger partial charge on any atom is -0.462 e. The largest absolute Gasteiger partial charge is 0.472 e. The Kier molecular flexibility index (Phi) is 54.2. The summed E-state index contributed by atoms with van der Waals surface area (Å²) in [4.78, 5) is 35.2. The zero-order valence-electron chi connectivity index (χ0n) is 45.5. The Morgan fingerprint density at radius 3 is 1.11 bits per heavy atom. The molecule has 0 aromatic carbocycles. The SMILES string of the molecule is CCCCCC/C=C\C/C=C\CCCCCCCCCC(=O)OCC(COP(=O)(O)OCCN)OC(=O)CCCCCCCCCCCCCCCCCC/C=C\C/C=C\C/C=C\CCCCCCC. The van der Waals surface area contributed by atoms with Crippen LogP contribution in [0.1, 0.15) is 277 Å². The molecule has 0 aliphatic carbocycles. The zero-order chi connectivity index (χ0) is 51.0. The molecule has 0 aromatic heterocycles. The number of esters is 2. The highest BCUT2D eigenvalue weighted by molar-refractivity contribution is 7.47. The van der Waals surface area contributed by atoms with Gasteiger partial charge >= 0.3 is 19.8 Å². The van der Waals surface area contributed by atoms with Gasteiger partial charge in [0.2, 0.25) is 0 Å². The molecule has 0 aliphatic rings. The normalized spacial score (nSPS) is 13.5. The van der Waals surface area contributed by atoms with Crippen LogP contribution < -0.4 is 5.73 Å². The summed E-state index contributed by atoms with van der Waals surface area (Å²) in [6.45, 7) is 3.73. The monoisotopic (exact) mass is 1000 g/mol. The highest BCUT2D eigenvalue weighted by Crippen LogP contribution is 2.43. The highest BCUT2D eigenvalue weighted by Gasteiger charge is 2.26. The molecule has 0 aliphatic heterocycles. The van der Waals surface area contributed by atoms with Crippen LogP contribution in [0.25, 0.3) is 0 Å².